The first-order chi connectivity index (χ1) is 7.65. The molecular formula is C10H16BrNO5. The molecule has 1 amide bonds. The molecule has 2 N–H and O–H groups in total. The van der Waals surface area contributed by atoms with E-state index in [1.807, 2.05) is 0 Å². The molecule has 17 heavy (non-hydrogen) atoms. The number of carbonyl (C=O) groups excluding carboxylic acids is 2. The van der Waals surface area contributed by atoms with Crippen molar-refractivity contribution >= 4 is 33.8 Å². The van der Waals surface area contributed by atoms with Crippen molar-refractivity contribution in [3.05, 3.63) is 0 Å². The second kappa shape index (κ2) is 6.58. The zero-order valence-corrected chi connectivity index (χ0v) is 11.5. The molecule has 0 bridgehead atoms. The fraction of sp³-hybridized carbons (Fsp3) is 0.700. The molecule has 0 heterocycles. The number of Topliss-reactive ketones (excluding diaryl/α,β-unsaturated/α-hetero) is 1. The third kappa shape index (κ3) is 7.73. The minimum absolute atomic E-state index is 0.0484. The predicted octanol–water partition coefficient (Wildman–Crippen LogP) is 1.32. The van der Waals surface area contributed by atoms with E-state index in [2.05, 4.69) is 21.2 Å². The lowest BCUT2D eigenvalue weighted by atomic mass is 10.1. The molecule has 0 saturated carbocycles. The van der Waals surface area contributed by atoms with Crippen molar-refractivity contribution in [3.63, 3.8) is 0 Å². The molecule has 0 aromatic rings. The number of hydrogen-bond donors (Lipinski definition) is 2. The van der Waals surface area contributed by atoms with Crippen molar-refractivity contribution in [2.24, 2.45) is 0 Å². The van der Waals surface area contributed by atoms with E-state index >= 15 is 0 Å². The van der Waals surface area contributed by atoms with E-state index in [1.165, 1.54) is 0 Å². The average molecular weight is 310 g/mol. The molecule has 0 aromatic carbocycles. The Labute approximate surface area is 108 Å². The van der Waals surface area contributed by atoms with Crippen LogP contribution in [0.1, 0.15) is 27.2 Å². The molecule has 98 valence electrons. The monoisotopic (exact) mass is 309 g/mol. The summed E-state index contributed by atoms with van der Waals surface area (Å²) in [6.45, 7) is 4.98. The van der Waals surface area contributed by atoms with Crippen LogP contribution in [0.2, 0.25) is 0 Å². The number of amides is 1. The smallest absolute Gasteiger partial charge is 0.408 e. The quantitative estimate of drug-likeness (QED) is 0.747. The van der Waals surface area contributed by atoms with Gasteiger partial charge in [-0.25, -0.2) is 9.59 Å². The SMILES string of the molecule is CC(C)(C)OC(=O)NC(CC(=O)CBr)C(=O)O. The van der Waals surface area contributed by atoms with E-state index in [0.717, 1.165) is 0 Å². The van der Waals surface area contributed by atoms with Crippen LogP contribution in [0.25, 0.3) is 0 Å². The van der Waals surface area contributed by atoms with Gasteiger partial charge in [0.25, 0.3) is 0 Å². The maximum atomic E-state index is 11.3. The molecule has 0 saturated heterocycles. The standard InChI is InChI=1S/C10H16BrNO5/c1-10(2,3)17-9(16)12-7(8(14)15)4-6(13)5-11/h7H,4-5H2,1-3H3,(H,12,16)(H,14,15). The van der Waals surface area contributed by atoms with E-state index in [-0.39, 0.29) is 17.5 Å². The first-order valence-corrected chi connectivity index (χ1v) is 6.08. The van der Waals surface area contributed by atoms with Crippen LogP contribution >= 0.6 is 15.9 Å². The lowest BCUT2D eigenvalue weighted by Crippen LogP contribution is -2.44. The number of ether oxygens (including phenoxy) is 1. The van der Waals surface area contributed by atoms with Crippen LogP contribution in [0.5, 0.6) is 0 Å². The Morgan fingerprint density at radius 2 is 1.88 bits per heavy atom. The Kier molecular flexibility index (Phi) is 6.15. The van der Waals surface area contributed by atoms with E-state index in [0.29, 0.717) is 0 Å². The summed E-state index contributed by atoms with van der Waals surface area (Å²) in [7, 11) is 0. The zero-order valence-electron chi connectivity index (χ0n) is 9.95. The number of carbonyl (C=O) groups is 3. The van der Waals surface area contributed by atoms with E-state index < -0.39 is 23.7 Å². The van der Waals surface area contributed by atoms with Crippen molar-refractivity contribution in [2.75, 3.05) is 5.33 Å². The maximum Gasteiger partial charge on any atom is 0.408 e. The largest absolute Gasteiger partial charge is 0.480 e. The molecule has 0 fully saturated rings. The van der Waals surface area contributed by atoms with Gasteiger partial charge >= 0.3 is 12.1 Å². The number of hydrogen-bond acceptors (Lipinski definition) is 4. The first-order valence-electron chi connectivity index (χ1n) is 4.95. The first kappa shape index (κ1) is 15.9. The molecule has 0 aromatic heterocycles. The van der Waals surface area contributed by atoms with Crippen LogP contribution in [0.15, 0.2) is 0 Å². The van der Waals surface area contributed by atoms with Gasteiger partial charge in [-0.1, -0.05) is 15.9 Å². The molecular weight excluding hydrogens is 294 g/mol. The minimum atomic E-state index is -1.27. The van der Waals surface area contributed by atoms with Crippen molar-refractivity contribution in [3.8, 4) is 0 Å². The fourth-order valence-electron chi connectivity index (χ4n) is 0.932. The van der Waals surface area contributed by atoms with Crippen LogP contribution < -0.4 is 5.32 Å². The molecule has 7 heteroatoms. The van der Waals surface area contributed by atoms with Crippen LogP contribution in [0.4, 0.5) is 4.79 Å². The maximum absolute atomic E-state index is 11.3. The Bertz CT molecular complexity index is 310. The van der Waals surface area contributed by atoms with Gasteiger partial charge in [0.15, 0.2) is 0 Å². The molecule has 0 spiro atoms. The van der Waals surface area contributed by atoms with Gasteiger partial charge in [0.1, 0.15) is 17.4 Å². The minimum Gasteiger partial charge on any atom is -0.480 e. The highest BCUT2D eigenvalue weighted by atomic mass is 79.9. The second-order valence-electron chi connectivity index (χ2n) is 4.41. The fourth-order valence-corrected chi connectivity index (χ4v) is 1.16. The van der Waals surface area contributed by atoms with Gasteiger partial charge in [-0.15, -0.1) is 0 Å². The van der Waals surface area contributed by atoms with Gasteiger partial charge in [0, 0.05) is 6.42 Å². The summed E-state index contributed by atoms with van der Waals surface area (Å²) in [5.41, 5.74) is -0.716. The van der Waals surface area contributed by atoms with Crippen LogP contribution in [0.3, 0.4) is 0 Å². The molecule has 1 unspecified atom stereocenters. The van der Waals surface area contributed by atoms with Crippen LogP contribution in [-0.2, 0) is 14.3 Å². The summed E-state index contributed by atoms with van der Waals surface area (Å²) in [6.07, 6.45) is -1.13. The lowest BCUT2D eigenvalue weighted by molar-refractivity contribution is -0.141. The lowest BCUT2D eigenvalue weighted by Gasteiger charge is -2.21. The summed E-state index contributed by atoms with van der Waals surface area (Å²) in [5.74, 6) is -1.58. The van der Waals surface area contributed by atoms with Crippen molar-refractivity contribution in [1.82, 2.24) is 5.32 Å². The molecule has 6 nitrogen and oxygen atoms in total. The van der Waals surface area contributed by atoms with Gasteiger partial charge in [-0.3, -0.25) is 4.79 Å². The number of ketones is 1. The number of alkyl carbamates (subject to hydrolysis) is 1. The zero-order chi connectivity index (χ0) is 13.6. The third-order valence-electron chi connectivity index (χ3n) is 1.57. The van der Waals surface area contributed by atoms with Gasteiger partial charge in [-0.2, -0.15) is 0 Å². The van der Waals surface area contributed by atoms with Crippen molar-refractivity contribution in [2.45, 2.75) is 38.8 Å². The number of alkyl halides is 1. The van der Waals surface area contributed by atoms with Gasteiger partial charge in [0.05, 0.1) is 5.33 Å². The van der Waals surface area contributed by atoms with Gasteiger partial charge in [-0.05, 0) is 20.8 Å². The number of halogens is 1. The summed E-state index contributed by atoms with van der Waals surface area (Å²) in [4.78, 5) is 33.2. The Hall–Kier alpha value is -1.11. The van der Waals surface area contributed by atoms with E-state index in [9.17, 15) is 14.4 Å². The van der Waals surface area contributed by atoms with Gasteiger partial charge in [0.2, 0.25) is 0 Å². The number of carboxylic acid groups (broad SMARTS) is 1. The normalized spacial score (nSPS) is 12.7. The number of nitrogens with one attached hydrogen (secondary N) is 1. The summed E-state index contributed by atoms with van der Waals surface area (Å²) in [5, 5.41) is 11.0. The molecule has 0 rings (SSSR count). The van der Waals surface area contributed by atoms with E-state index in [4.69, 9.17) is 9.84 Å². The second-order valence-corrected chi connectivity index (χ2v) is 4.97. The highest BCUT2D eigenvalue weighted by molar-refractivity contribution is 9.09. The van der Waals surface area contributed by atoms with Crippen molar-refractivity contribution in [1.29, 1.82) is 0 Å². The van der Waals surface area contributed by atoms with Crippen molar-refractivity contribution < 1.29 is 24.2 Å². The number of carboxylic acids is 1. The average Bonchev–Trinajstić information content (AvgIpc) is 2.13. The molecule has 0 radical (unpaired) electrons. The summed E-state index contributed by atoms with van der Waals surface area (Å²) in [6, 6.07) is -1.27. The van der Waals surface area contributed by atoms with E-state index in [1.54, 1.807) is 20.8 Å². The van der Waals surface area contributed by atoms with Crippen LogP contribution in [0, 0.1) is 0 Å². The number of aliphatic carboxylic acids is 1. The third-order valence-corrected chi connectivity index (χ3v) is 2.20. The predicted molar refractivity (Wildman–Crippen MR) is 64.2 cm³/mol. The summed E-state index contributed by atoms with van der Waals surface area (Å²) < 4.78 is 4.90. The highest BCUT2D eigenvalue weighted by Gasteiger charge is 2.25. The Morgan fingerprint density at radius 3 is 2.24 bits per heavy atom. The number of rotatable bonds is 5. The molecule has 0 aliphatic carbocycles. The topological polar surface area (TPSA) is 92.7 Å². The summed E-state index contributed by atoms with van der Waals surface area (Å²) >= 11 is 2.92. The Morgan fingerprint density at radius 1 is 1.35 bits per heavy atom. The van der Waals surface area contributed by atoms with Crippen LogP contribution in [-0.4, -0.2) is 39.9 Å². The Balaban J connectivity index is 4.41. The van der Waals surface area contributed by atoms with Gasteiger partial charge < -0.3 is 15.2 Å². The molecule has 1 atom stereocenters. The molecule has 0 aliphatic heterocycles. The highest BCUT2D eigenvalue weighted by Crippen LogP contribution is 2.07. The molecule has 0 aliphatic rings.